The van der Waals surface area contributed by atoms with Crippen LogP contribution in [0.25, 0.3) is 16.0 Å². The summed E-state index contributed by atoms with van der Waals surface area (Å²) >= 11 is 1.34. The topological polar surface area (TPSA) is 98.2 Å². The second kappa shape index (κ2) is 12.9. The molecular weight excluding hydrogens is 564 g/mol. The second-order valence-corrected chi connectivity index (χ2v) is 11.4. The number of hydrogen-bond acceptors (Lipinski definition) is 8. The Kier molecular flexibility index (Phi) is 9.01. The van der Waals surface area contributed by atoms with Gasteiger partial charge in [0.15, 0.2) is 16.6 Å². The van der Waals surface area contributed by atoms with Gasteiger partial charge in [-0.05, 0) is 93.3 Å². The molecule has 0 aliphatic carbocycles. The van der Waals surface area contributed by atoms with E-state index in [0.29, 0.717) is 53.3 Å². The molecule has 1 aliphatic rings. The highest BCUT2D eigenvalue weighted by Crippen LogP contribution is 2.46. The van der Waals surface area contributed by atoms with Crippen LogP contribution in [-0.4, -0.2) is 41.6 Å². The molecule has 224 valence electrons. The average molecular weight is 601 g/mol. The molecule has 1 aromatic heterocycles. The molecule has 4 aromatic rings. The van der Waals surface area contributed by atoms with Gasteiger partial charge in [0.05, 0.1) is 41.7 Å². The van der Waals surface area contributed by atoms with Crippen molar-refractivity contribution in [3.05, 3.63) is 82.4 Å². The number of amides is 1. The van der Waals surface area contributed by atoms with Gasteiger partial charge in [-0.15, -0.1) is 0 Å². The van der Waals surface area contributed by atoms with E-state index < -0.39 is 17.7 Å². The summed E-state index contributed by atoms with van der Waals surface area (Å²) in [5.74, 6) is -0.108. The van der Waals surface area contributed by atoms with E-state index >= 15 is 0 Å². The van der Waals surface area contributed by atoms with Crippen LogP contribution in [0.2, 0.25) is 0 Å². The number of anilines is 1. The number of fused-ring (bicyclic) bond motifs is 1. The molecule has 2 heterocycles. The Balaban J connectivity index is 1.69. The van der Waals surface area contributed by atoms with Crippen LogP contribution in [0.4, 0.5) is 5.13 Å². The van der Waals surface area contributed by atoms with E-state index in [0.717, 1.165) is 34.2 Å². The fraction of sp³-hybridized carbons (Fsp3) is 0.324. The number of rotatable bonds is 11. The summed E-state index contributed by atoms with van der Waals surface area (Å²) in [7, 11) is 0. The first-order chi connectivity index (χ1) is 20.8. The highest BCUT2D eigenvalue weighted by atomic mass is 32.1. The number of ether oxygens (including phenoxy) is 3. The lowest BCUT2D eigenvalue weighted by Crippen LogP contribution is -2.29. The quantitative estimate of drug-likeness (QED) is 0.0823. The summed E-state index contributed by atoms with van der Waals surface area (Å²) in [5, 5.41) is 12.0. The molecule has 3 aromatic carbocycles. The van der Waals surface area contributed by atoms with Gasteiger partial charge in [0.2, 0.25) is 0 Å². The number of carbonyl (C=O) groups excluding carboxylic acids is 2. The lowest BCUT2D eigenvalue weighted by molar-refractivity contribution is -0.132. The third kappa shape index (κ3) is 5.95. The van der Waals surface area contributed by atoms with Gasteiger partial charge in [0.1, 0.15) is 11.5 Å². The number of carbonyl (C=O) groups is 2. The smallest absolute Gasteiger partial charge is 0.301 e. The fourth-order valence-electron chi connectivity index (χ4n) is 5.25. The van der Waals surface area contributed by atoms with Crippen LogP contribution in [-0.2, 0) is 9.59 Å². The standard InChI is InChI=1S/C34H36N2O6S/c1-6-9-16-42-25-15-12-23(19-26(25)41-8-3)30-28(31(37)22-10-13-24(14-11-22)40-7-2)32(38)33(39)36(30)34-35-29-21(5)17-20(4)18-27(29)43-34/h10-15,17-19,30,37H,6-9,16H2,1-5H3/b31-28+. The van der Waals surface area contributed by atoms with Gasteiger partial charge < -0.3 is 19.3 Å². The fourth-order valence-corrected chi connectivity index (χ4v) is 6.42. The van der Waals surface area contributed by atoms with Gasteiger partial charge in [0, 0.05) is 5.56 Å². The van der Waals surface area contributed by atoms with E-state index in [1.165, 1.54) is 16.2 Å². The van der Waals surface area contributed by atoms with E-state index in [2.05, 4.69) is 6.92 Å². The van der Waals surface area contributed by atoms with Crippen molar-refractivity contribution < 1.29 is 28.9 Å². The minimum Gasteiger partial charge on any atom is -0.507 e. The van der Waals surface area contributed by atoms with Crippen LogP contribution in [0.1, 0.15) is 61.9 Å². The van der Waals surface area contributed by atoms with Crippen LogP contribution >= 0.6 is 11.3 Å². The maximum Gasteiger partial charge on any atom is 0.301 e. The number of benzene rings is 3. The molecule has 0 radical (unpaired) electrons. The highest BCUT2D eigenvalue weighted by molar-refractivity contribution is 7.22. The number of ketones is 1. The van der Waals surface area contributed by atoms with Crippen molar-refractivity contribution in [1.29, 1.82) is 0 Å². The molecule has 0 spiro atoms. The Morgan fingerprint density at radius 2 is 1.67 bits per heavy atom. The molecule has 1 N–H and O–H groups in total. The summed E-state index contributed by atoms with van der Waals surface area (Å²) in [6.45, 7) is 11.3. The Morgan fingerprint density at radius 3 is 2.37 bits per heavy atom. The largest absolute Gasteiger partial charge is 0.507 e. The maximum absolute atomic E-state index is 13.8. The van der Waals surface area contributed by atoms with Crippen LogP contribution in [0.5, 0.6) is 17.2 Å². The molecule has 8 nitrogen and oxygen atoms in total. The van der Waals surface area contributed by atoms with Gasteiger partial charge in [-0.25, -0.2) is 4.98 Å². The Hall–Kier alpha value is -4.37. The molecule has 1 atom stereocenters. The second-order valence-electron chi connectivity index (χ2n) is 10.4. The molecular formula is C34H36N2O6S. The number of hydrogen-bond donors (Lipinski definition) is 1. The lowest BCUT2D eigenvalue weighted by atomic mass is 9.95. The zero-order valence-electron chi connectivity index (χ0n) is 25.1. The van der Waals surface area contributed by atoms with Crippen molar-refractivity contribution in [3.8, 4) is 17.2 Å². The molecule has 1 saturated heterocycles. The highest BCUT2D eigenvalue weighted by Gasteiger charge is 2.48. The van der Waals surface area contributed by atoms with Crippen LogP contribution < -0.4 is 19.1 Å². The molecule has 1 amide bonds. The van der Waals surface area contributed by atoms with Crippen molar-refractivity contribution >= 4 is 44.1 Å². The van der Waals surface area contributed by atoms with Gasteiger partial charge in [-0.3, -0.25) is 14.5 Å². The van der Waals surface area contributed by atoms with E-state index in [4.69, 9.17) is 19.2 Å². The van der Waals surface area contributed by atoms with Crippen molar-refractivity contribution in [3.63, 3.8) is 0 Å². The molecule has 0 saturated carbocycles. The minimum atomic E-state index is -0.947. The average Bonchev–Trinajstić information content (AvgIpc) is 3.52. The molecule has 5 rings (SSSR count). The van der Waals surface area contributed by atoms with Gasteiger partial charge in [0.25, 0.3) is 5.78 Å². The van der Waals surface area contributed by atoms with Crippen LogP contribution in [0, 0.1) is 13.8 Å². The lowest BCUT2D eigenvalue weighted by Gasteiger charge is -2.24. The van der Waals surface area contributed by atoms with Gasteiger partial charge >= 0.3 is 5.91 Å². The molecule has 0 bridgehead atoms. The number of aryl methyl sites for hydroxylation is 2. The van der Waals surface area contributed by atoms with E-state index in [9.17, 15) is 14.7 Å². The number of aliphatic hydroxyl groups excluding tert-OH is 1. The zero-order valence-corrected chi connectivity index (χ0v) is 25.9. The molecule has 9 heteroatoms. The first-order valence-electron chi connectivity index (χ1n) is 14.6. The third-order valence-corrected chi connectivity index (χ3v) is 8.25. The summed E-state index contributed by atoms with van der Waals surface area (Å²) < 4.78 is 18.4. The molecule has 43 heavy (non-hydrogen) atoms. The first kappa shape index (κ1) is 30.1. The maximum atomic E-state index is 13.8. The Bertz CT molecular complexity index is 1690. The predicted octanol–water partition coefficient (Wildman–Crippen LogP) is 7.52. The zero-order chi connectivity index (χ0) is 30.7. The number of Topliss-reactive ketones (excluding diaryl/α,β-unsaturated/α-hetero) is 1. The van der Waals surface area contributed by atoms with Crippen molar-refractivity contribution in [2.45, 2.75) is 53.5 Å². The van der Waals surface area contributed by atoms with Crippen molar-refractivity contribution in [2.75, 3.05) is 24.7 Å². The van der Waals surface area contributed by atoms with Crippen molar-refractivity contribution in [1.82, 2.24) is 4.98 Å². The minimum absolute atomic E-state index is 0.0246. The number of unbranched alkanes of at least 4 members (excludes halogenated alkanes) is 1. The molecule has 1 fully saturated rings. The summed E-state index contributed by atoms with van der Waals surface area (Å²) in [6, 6.07) is 15.3. The molecule has 1 aliphatic heterocycles. The van der Waals surface area contributed by atoms with E-state index in [-0.39, 0.29) is 11.3 Å². The SMILES string of the molecule is CCCCOc1ccc(C2/C(=C(\O)c3ccc(OCC)cc3)C(=O)C(=O)N2c2nc3c(C)cc(C)cc3s2)cc1OCC. The summed E-state index contributed by atoms with van der Waals surface area (Å²) in [5.41, 5.74) is 3.79. The normalized spacial score (nSPS) is 16.2. The Morgan fingerprint density at radius 1 is 0.930 bits per heavy atom. The van der Waals surface area contributed by atoms with Crippen molar-refractivity contribution in [2.24, 2.45) is 0 Å². The number of aromatic nitrogens is 1. The first-order valence-corrected chi connectivity index (χ1v) is 15.4. The number of aliphatic hydroxyl groups is 1. The van der Waals surface area contributed by atoms with Gasteiger partial charge in [-0.1, -0.05) is 36.8 Å². The monoisotopic (exact) mass is 600 g/mol. The Labute approximate surface area is 255 Å². The van der Waals surface area contributed by atoms with Gasteiger partial charge in [-0.2, -0.15) is 0 Å². The number of thiazole rings is 1. The molecule has 1 unspecified atom stereocenters. The van der Waals surface area contributed by atoms with Crippen LogP contribution in [0.3, 0.4) is 0 Å². The summed E-state index contributed by atoms with van der Waals surface area (Å²) in [4.78, 5) is 33.7. The third-order valence-electron chi connectivity index (χ3n) is 7.25. The van der Waals surface area contributed by atoms with E-state index in [1.807, 2.05) is 45.9 Å². The van der Waals surface area contributed by atoms with E-state index in [1.54, 1.807) is 36.4 Å². The summed E-state index contributed by atoms with van der Waals surface area (Å²) in [6.07, 6.45) is 1.88. The number of nitrogens with zero attached hydrogens (tertiary/aromatic N) is 2. The van der Waals surface area contributed by atoms with Crippen LogP contribution in [0.15, 0.2) is 60.2 Å². The predicted molar refractivity (Wildman–Crippen MR) is 170 cm³/mol.